The van der Waals surface area contributed by atoms with Gasteiger partial charge in [0, 0.05) is 13.1 Å². The van der Waals surface area contributed by atoms with Crippen LogP contribution in [0.3, 0.4) is 0 Å². The molecule has 22 heavy (non-hydrogen) atoms. The monoisotopic (exact) mass is 297 g/mol. The molecule has 2 heterocycles. The second kappa shape index (κ2) is 6.09. The van der Waals surface area contributed by atoms with Gasteiger partial charge in [-0.15, -0.1) is 5.10 Å². The van der Waals surface area contributed by atoms with Gasteiger partial charge in [0.15, 0.2) is 5.82 Å². The number of amides is 1. The summed E-state index contributed by atoms with van der Waals surface area (Å²) in [5.74, 6) is 0.911. The fraction of sp³-hybridized carbons (Fsp3) is 0.375. The third kappa shape index (κ3) is 3.05. The van der Waals surface area contributed by atoms with Crippen molar-refractivity contribution in [2.75, 3.05) is 13.1 Å². The standard InChI is InChI=1S/C16H19N5O/c1-12-7-9-20(10-8-12)16(22)11-14-3-5-15(6-4-14)21-13(2)17-18-19-21/h3-7H,8-11H2,1-2H3. The van der Waals surface area contributed by atoms with E-state index in [2.05, 4.69) is 28.5 Å². The third-order valence-electron chi connectivity index (χ3n) is 3.95. The van der Waals surface area contributed by atoms with Crippen LogP contribution < -0.4 is 0 Å². The van der Waals surface area contributed by atoms with Crippen LogP contribution in [0.15, 0.2) is 35.9 Å². The van der Waals surface area contributed by atoms with Crippen molar-refractivity contribution in [3.8, 4) is 5.69 Å². The zero-order chi connectivity index (χ0) is 15.5. The Bertz CT molecular complexity index is 702. The summed E-state index contributed by atoms with van der Waals surface area (Å²) in [6, 6.07) is 7.79. The Morgan fingerprint density at radius 3 is 2.59 bits per heavy atom. The van der Waals surface area contributed by atoms with Gasteiger partial charge in [-0.05, 0) is 48.4 Å². The summed E-state index contributed by atoms with van der Waals surface area (Å²) >= 11 is 0. The van der Waals surface area contributed by atoms with E-state index in [1.165, 1.54) is 5.57 Å². The topological polar surface area (TPSA) is 63.9 Å². The number of rotatable bonds is 3. The Hall–Kier alpha value is -2.50. The fourth-order valence-electron chi connectivity index (χ4n) is 2.51. The van der Waals surface area contributed by atoms with Crippen LogP contribution in [0.2, 0.25) is 0 Å². The lowest BCUT2D eigenvalue weighted by Gasteiger charge is -2.25. The smallest absolute Gasteiger partial charge is 0.227 e. The average molecular weight is 297 g/mol. The summed E-state index contributed by atoms with van der Waals surface area (Å²) in [4.78, 5) is 14.2. The number of carbonyl (C=O) groups excluding carboxylic acids is 1. The van der Waals surface area contributed by atoms with Crippen LogP contribution in [-0.4, -0.2) is 44.1 Å². The SMILES string of the molecule is CC1=CCN(C(=O)Cc2ccc(-n3nnnc3C)cc2)CC1. The molecule has 0 N–H and O–H groups in total. The van der Waals surface area contributed by atoms with Crippen LogP contribution in [-0.2, 0) is 11.2 Å². The van der Waals surface area contributed by atoms with E-state index in [9.17, 15) is 4.79 Å². The van der Waals surface area contributed by atoms with E-state index in [0.717, 1.165) is 36.6 Å². The minimum Gasteiger partial charge on any atom is -0.338 e. The Balaban J connectivity index is 1.66. The van der Waals surface area contributed by atoms with Gasteiger partial charge in [0.05, 0.1) is 12.1 Å². The number of benzene rings is 1. The van der Waals surface area contributed by atoms with Crippen LogP contribution in [0.25, 0.3) is 5.69 Å². The Kier molecular flexibility index (Phi) is 4.00. The van der Waals surface area contributed by atoms with E-state index in [1.54, 1.807) is 4.68 Å². The predicted octanol–water partition coefficient (Wildman–Crippen LogP) is 1.69. The van der Waals surface area contributed by atoms with Crippen molar-refractivity contribution in [2.24, 2.45) is 0 Å². The molecule has 6 nitrogen and oxygen atoms in total. The van der Waals surface area contributed by atoms with E-state index in [0.29, 0.717) is 6.42 Å². The summed E-state index contributed by atoms with van der Waals surface area (Å²) in [7, 11) is 0. The van der Waals surface area contributed by atoms with Crippen molar-refractivity contribution in [3.05, 3.63) is 47.3 Å². The summed E-state index contributed by atoms with van der Waals surface area (Å²) in [6.45, 7) is 5.51. The number of hydrogen-bond donors (Lipinski definition) is 0. The number of hydrogen-bond acceptors (Lipinski definition) is 4. The highest BCUT2D eigenvalue weighted by Gasteiger charge is 2.16. The van der Waals surface area contributed by atoms with Gasteiger partial charge in [-0.3, -0.25) is 4.79 Å². The molecule has 0 atom stereocenters. The molecule has 1 aromatic heterocycles. The van der Waals surface area contributed by atoms with Gasteiger partial charge in [-0.25, -0.2) is 0 Å². The maximum absolute atomic E-state index is 12.3. The average Bonchev–Trinajstić information content (AvgIpc) is 2.95. The van der Waals surface area contributed by atoms with Gasteiger partial charge in [0.1, 0.15) is 0 Å². The molecule has 1 aliphatic heterocycles. The van der Waals surface area contributed by atoms with E-state index >= 15 is 0 Å². The molecule has 0 bridgehead atoms. The van der Waals surface area contributed by atoms with Gasteiger partial charge < -0.3 is 4.90 Å². The van der Waals surface area contributed by atoms with Gasteiger partial charge in [-0.1, -0.05) is 23.8 Å². The molecule has 0 fully saturated rings. The van der Waals surface area contributed by atoms with Crippen LogP contribution in [0.1, 0.15) is 24.7 Å². The van der Waals surface area contributed by atoms with E-state index in [4.69, 9.17) is 0 Å². The normalized spacial score (nSPS) is 14.8. The highest BCUT2D eigenvalue weighted by Crippen LogP contribution is 2.13. The quantitative estimate of drug-likeness (QED) is 0.809. The van der Waals surface area contributed by atoms with Crippen LogP contribution >= 0.6 is 0 Å². The zero-order valence-corrected chi connectivity index (χ0v) is 12.9. The zero-order valence-electron chi connectivity index (χ0n) is 12.9. The van der Waals surface area contributed by atoms with E-state index < -0.39 is 0 Å². The lowest BCUT2D eigenvalue weighted by Crippen LogP contribution is -2.35. The van der Waals surface area contributed by atoms with E-state index in [1.807, 2.05) is 36.1 Å². The van der Waals surface area contributed by atoms with Crippen molar-refractivity contribution >= 4 is 5.91 Å². The molecule has 0 radical (unpaired) electrons. The second-order valence-corrected chi connectivity index (χ2v) is 5.62. The first-order valence-corrected chi connectivity index (χ1v) is 7.41. The van der Waals surface area contributed by atoms with Crippen LogP contribution in [0.4, 0.5) is 0 Å². The third-order valence-corrected chi connectivity index (χ3v) is 3.95. The highest BCUT2D eigenvalue weighted by molar-refractivity contribution is 5.79. The van der Waals surface area contributed by atoms with Gasteiger partial charge >= 0.3 is 0 Å². The van der Waals surface area contributed by atoms with Crippen LogP contribution in [0.5, 0.6) is 0 Å². The largest absolute Gasteiger partial charge is 0.338 e. The number of aryl methyl sites for hydroxylation is 1. The van der Waals surface area contributed by atoms with Crippen LogP contribution in [0, 0.1) is 6.92 Å². The summed E-state index contributed by atoms with van der Waals surface area (Å²) < 4.78 is 1.67. The molecule has 114 valence electrons. The molecular formula is C16H19N5O. The van der Waals surface area contributed by atoms with Crippen molar-refractivity contribution in [1.29, 1.82) is 0 Å². The molecule has 6 heteroatoms. The summed E-state index contributed by atoms with van der Waals surface area (Å²) in [6.07, 6.45) is 3.54. The fourth-order valence-corrected chi connectivity index (χ4v) is 2.51. The van der Waals surface area contributed by atoms with Gasteiger partial charge in [0.25, 0.3) is 0 Å². The number of tetrazole rings is 1. The first-order valence-electron chi connectivity index (χ1n) is 7.41. The second-order valence-electron chi connectivity index (χ2n) is 5.62. The van der Waals surface area contributed by atoms with E-state index in [-0.39, 0.29) is 5.91 Å². The van der Waals surface area contributed by atoms with Gasteiger partial charge in [-0.2, -0.15) is 4.68 Å². The lowest BCUT2D eigenvalue weighted by molar-refractivity contribution is -0.130. The molecule has 0 saturated heterocycles. The number of carbonyl (C=O) groups is 1. The lowest BCUT2D eigenvalue weighted by atomic mass is 10.1. The molecular weight excluding hydrogens is 278 g/mol. The molecule has 1 amide bonds. The molecule has 2 aromatic rings. The summed E-state index contributed by atoms with van der Waals surface area (Å²) in [5, 5.41) is 11.4. The molecule has 1 aliphatic rings. The van der Waals surface area contributed by atoms with Crippen molar-refractivity contribution in [1.82, 2.24) is 25.1 Å². The highest BCUT2D eigenvalue weighted by atomic mass is 16.2. The minimum absolute atomic E-state index is 0.176. The maximum atomic E-state index is 12.3. The molecule has 0 spiro atoms. The summed E-state index contributed by atoms with van der Waals surface area (Å²) in [5.41, 5.74) is 3.27. The predicted molar refractivity (Wildman–Crippen MR) is 82.5 cm³/mol. The molecule has 0 saturated carbocycles. The Labute approximate surface area is 129 Å². The Morgan fingerprint density at radius 1 is 1.23 bits per heavy atom. The molecule has 1 aromatic carbocycles. The van der Waals surface area contributed by atoms with Crippen molar-refractivity contribution in [3.63, 3.8) is 0 Å². The number of nitrogens with zero attached hydrogens (tertiary/aromatic N) is 5. The van der Waals surface area contributed by atoms with Crippen molar-refractivity contribution < 1.29 is 4.79 Å². The maximum Gasteiger partial charge on any atom is 0.227 e. The number of aromatic nitrogens is 4. The molecule has 3 rings (SSSR count). The molecule has 0 unspecified atom stereocenters. The van der Waals surface area contributed by atoms with Crippen molar-refractivity contribution in [2.45, 2.75) is 26.7 Å². The first-order chi connectivity index (χ1) is 10.6. The first kappa shape index (κ1) is 14.4. The minimum atomic E-state index is 0.176. The van der Waals surface area contributed by atoms with Gasteiger partial charge in [0.2, 0.25) is 5.91 Å². The molecule has 0 aliphatic carbocycles. The Morgan fingerprint density at radius 2 is 2.00 bits per heavy atom.